The molecule has 1 aliphatic rings. The third-order valence-electron chi connectivity index (χ3n) is 6.67. The monoisotopic (exact) mass is 518 g/mol. The highest BCUT2D eigenvalue weighted by molar-refractivity contribution is 5.84. The standard InChI is InChI=1S/C29H34N4O5/c1-37-17-4-14-30-29(35)38-18-16-33(15-13-23-19-31-27-6-3-2-5-25(23)27)20-21-7-9-22(10-8-21)24-11-12-26(24)28(34)32-36/h2-3,5-10,19,24,26,31,36H,4,13-18,20H2,1H3,(H,30,35)(H,32,34). The van der Waals surface area contributed by atoms with Crippen LogP contribution in [0.2, 0.25) is 0 Å². The van der Waals surface area contributed by atoms with Crippen LogP contribution in [0.4, 0.5) is 4.79 Å². The Hall–Kier alpha value is -3.84. The van der Waals surface area contributed by atoms with E-state index in [9.17, 15) is 9.59 Å². The largest absolute Gasteiger partial charge is 0.448 e. The van der Waals surface area contributed by atoms with Gasteiger partial charge in [-0.1, -0.05) is 54.3 Å². The topological polar surface area (TPSA) is 116 Å². The minimum absolute atomic E-state index is 0.218. The van der Waals surface area contributed by atoms with Gasteiger partial charge in [0.25, 0.3) is 5.91 Å². The summed E-state index contributed by atoms with van der Waals surface area (Å²) < 4.78 is 10.4. The molecule has 1 aromatic heterocycles. The molecule has 0 radical (unpaired) electrons. The number of H-pyrrole nitrogens is 1. The van der Waals surface area contributed by atoms with Crippen LogP contribution in [0.15, 0.2) is 54.7 Å². The van der Waals surface area contributed by atoms with Crippen LogP contribution in [0.25, 0.3) is 10.9 Å². The Kier molecular flexibility index (Phi) is 9.76. The highest BCUT2D eigenvalue weighted by Crippen LogP contribution is 2.30. The van der Waals surface area contributed by atoms with Crippen molar-refractivity contribution < 1.29 is 24.3 Å². The summed E-state index contributed by atoms with van der Waals surface area (Å²) in [5.74, 6) is 4.57. The van der Waals surface area contributed by atoms with Gasteiger partial charge in [-0.25, -0.2) is 10.3 Å². The number of hydrogen-bond donors (Lipinski definition) is 4. The molecular formula is C29H34N4O5. The molecule has 2 amide bonds. The van der Waals surface area contributed by atoms with E-state index >= 15 is 0 Å². The van der Waals surface area contributed by atoms with Crippen LogP contribution >= 0.6 is 0 Å². The van der Waals surface area contributed by atoms with Crippen LogP contribution in [-0.4, -0.2) is 67.0 Å². The van der Waals surface area contributed by atoms with E-state index in [-0.39, 0.29) is 12.5 Å². The van der Waals surface area contributed by atoms with Gasteiger partial charge in [0.05, 0.1) is 5.92 Å². The van der Waals surface area contributed by atoms with Gasteiger partial charge in [0.1, 0.15) is 12.5 Å². The molecule has 0 fully saturated rings. The zero-order valence-corrected chi connectivity index (χ0v) is 21.5. The van der Waals surface area contributed by atoms with Gasteiger partial charge in [0, 0.05) is 57.0 Å². The van der Waals surface area contributed by atoms with Gasteiger partial charge in [0.2, 0.25) is 0 Å². The van der Waals surface area contributed by atoms with E-state index < -0.39 is 17.9 Å². The first-order valence-electron chi connectivity index (χ1n) is 12.8. The third-order valence-corrected chi connectivity index (χ3v) is 6.67. The Labute approximate surface area is 222 Å². The summed E-state index contributed by atoms with van der Waals surface area (Å²) in [4.78, 5) is 29.4. The van der Waals surface area contributed by atoms with Crippen LogP contribution in [-0.2, 0) is 27.2 Å². The molecule has 0 saturated heterocycles. The maximum Gasteiger partial charge on any atom is 0.407 e. The third kappa shape index (κ3) is 7.13. The summed E-state index contributed by atoms with van der Waals surface area (Å²) in [6.07, 6.45) is 3.21. The van der Waals surface area contributed by atoms with Crippen LogP contribution in [0.5, 0.6) is 0 Å². The van der Waals surface area contributed by atoms with Gasteiger partial charge < -0.3 is 19.8 Å². The number of benzene rings is 2. The molecule has 200 valence electrons. The molecule has 4 rings (SSSR count). The number of carbonyl (C=O) groups excluding carboxylic acids is 2. The number of hydroxylamine groups is 1. The highest BCUT2D eigenvalue weighted by atomic mass is 16.5. The maximum atomic E-state index is 12.0. The molecular weight excluding hydrogens is 484 g/mol. The van der Waals surface area contributed by atoms with E-state index in [2.05, 4.69) is 45.4 Å². The van der Waals surface area contributed by atoms with Crippen LogP contribution in [0.3, 0.4) is 0 Å². The van der Waals surface area contributed by atoms with Crippen LogP contribution in [0, 0.1) is 17.8 Å². The fourth-order valence-electron chi connectivity index (χ4n) is 4.51. The lowest BCUT2D eigenvalue weighted by atomic mass is 9.79. The molecule has 2 aromatic carbocycles. The summed E-state index contributed by atoms with van der Waals surface area (Å²) in [5.41, 5.74) is 6.10. The second kappa shape index (κ2) is 13.6. The van der Waals surface area contributed by atoms with Gasteiger partial charge in [-0.05, 0) is 35.6 Å². The first-order valence-corrected chi connectivity index (χ1v) is 12.8. The number of nitrogens with zero attached hydrogens (tertiary/aromatic N) is 1. The van der Waals surface area contributed by atoms with Gasteiger partial charge in [0.15, 0.2) is 0 Å². The number of para-hydroxylation sites is 1. The number of fused-ring (bicyclic) bond motifs is 1. The van der Waals surface area contributed by atoms with Crippen molar-refractivity contribution in [2.24, 2.45) is 5.92 Å². The number of aromatic amines is 1. The van der Waals surface area contributed by atoms with E-state index in [1.165, 1.54) is 10.9 Å². The molecule has 1 aliphatic carbocycles. The molecule has 0 saturated carbocycles. The number of rotatable bonds is 14. The molecule has 3 aromatic rings. The first kappa shape index (κ1) is 27.2. The number of methoxy groups -OCH3 is 1. The summed E-state index contributed by atoms with van der Waals surface area (Å²) in [6.45, 7) is 3.42. The van der Waals surface area contributed by atoms with Gasteiger partial charge in [-0.15, -0.1) is 0 Å². The fourth-order valence-corrected chi connectivity index (χ4v) is 4.51. The van der Waals surface area contributed by atoms with Gasteiger partial charge >= 0.3 is 6.09 Å². The molecule has 2 unspecified atom stereocenters. The summed E-state index contributed by atoms with van der Waals surface area (Å²) in [5, 5.41) is 12.9. The van der Waals surface area contributed by atoms with E-state index in [0.29, 0.717) is 26.2 Å². The number of amides is 2. The maximum absolute atomic E-state index is 12.0. The van der Waals surface area contributed by atoms with E-state index in [0.717, 1.165) is 36.0 Å². The Morgan fingerprint density at radius 2 is 1.89 bits per heavy atom. The Balaban J connectivity index is 1.35. The van der Waals surface area contributed by atoms with Crippen LogP contribution in [0.1, 0.15) is 29.0 Å². The Morgan fingerprint density at radius 1 is 1.08 bits per heavy atom. The zero-order valence-electron chi connectivity index (χ0n) is 21.5. The van der Waals surface area contributed by atoms with Crippen molar-refractivity contribution in [3.63, 3.8) is 0 Å². The fraction of sp³-hybridized carbons (Fsp3) is 0.379. The highest BCUT2D eigenvalue weighted by Gasteiger charge is 2.32. The molecule has 2 atom stereocenters. The minimum Gasteiger partial charge on any atom is -0.448 e. The molecule has 0 bridgehead atoms. The van der Waals surface area contributed by atoms with Crippen molar-refractivity contribution in [2.75, 3.05) is 40.0 Å². The average molecular weight is 519 g/mol. The normalized spacial score (nSPS) is 16.0. The molecule has 1 heterocycles. The smallest absolute Gasteiger partial charge is 0.407 e. The SMILES string of the molecule is COCCCNC(=O)OCCN(CCc1c[nH]c2ccccc12)Cc1ccc(C2C#CC2C(=O)NO)cc1. The minimum atomic E-state index is -0.531. The average Bonchev–Trinajstić information content (AvgIpc) is 3.33. The second-order valence-electron chi connectivity index (χ2n) is 9.26. The van der Waals surface area contributed by atoms with Crippen molar-refractivity contribution in [1.29, 1.82) is 0 Å². The lowest BCUT2D eigenvalue weighted by Gasteiger charge is -2.24. The predicted molar refractivity (Wildman–Crippen MR) is 144 cm³/mol. The predicted octanol–water partition coefficient (Wildman–Crippen LogP) is 3.20. The molecule has 0 aliphatic heterocycles. The first-order chi connectivity index (χ1) is 18.6. The molecule has 9 heteroatoms. The number of aromatic nitrogens is 1. The van der Waals surface area contributed by atoms with Crippen LogP contribution < -0.4 is 10.8 Å². The number of ether oxygens (including phenoxy) is 2. The van der Waals surface area contributed by atoms with Crippen molar-refractivity contribution >= 4 is 22.9 Å². The summed E-state index contributed by atoms with van der Waals surface area (Å²) in [6, 6.07) is 16.3. The zero-order chi connectivity index (χ0) is 26.7. The summed E-state index contributed by atoms with van der Waals surface area (Å²) >= 11 is 0. The molecule has 0 spiro atoms. The lowest BCUT2D eigenvalue weighted by Crippen LogP contribution is -2.34. The van der Waals surface area contributed by atoms with Gasteiger partial charge in [-0.2, -0.15) is 0 Å². The van der Waals surface area contributed by atoms with E-state index in [1.807, 2.05) is 36.4 Å². The number of carbonyl (C=O) groups is 2. The lowest BCUT2D eigenvalue weighted by molar-refractivity contribution is -0.132. The Bertz CT molecular complexity index is 1280. The van der Waals surface area contributed by atoms with E-state index in [4.69, 9.17) is 14.7 Å². The van der Waals surface area contributed by atoms with E-state index in [1.54, 1.807) is 12.6 Å². The number of nitrogens with one attached hydrogen (secondary N) is 3. The second-order valence-corrected chi connectivity index (χ2v) is 9.26. The molecule has 38 heavy (non-hydrogen) atoms. The molecule has 4 N–H and O–H groups in total. The Morgan fingerprint density at radius 3 is 2.63 bits per heavy atom. The number of alkyl carbamates (subject to hydrolysis) is 1. The molecule has 9 nitrogen and oxygen atoms in total. The summed E-state index contributed by atoms with van der Waals surface area (Å²) in [7, 11) is 1.63. The quantitative estimate of drug-likeness (QED) is 0.113. The van der Waals surface area contributed by atoms with Gasteiger partial charge in [-0.3, -0.25) is 14.9 Å². The van der Waals surface area contributed by atoms with Crippen molar-refractivity contribution in [1.82, 2.24) is 20.7 Å². The number of hydrogen-bond acceptors (Lipinski definition) is 6. The van der Waals surface area contributed by atoms with Crippen molar-refractivity contribution in [3.8, 4) is 11.8 Å². The van der Waals surface area contributed by atoms with Crippen molar-refractivity contribution in [2.45, 2.75) is 25.3 Å². The van der Waals surface area contributed by atoms with Crippen molar-refractivity contribution in [3.05, 3.63) is 71.4 Å².